The smallest absolute Gasteiger partial charge is 0.324 e. The zero-order valence-corrected chi connectivity index (χ0v) is 9.87. The molecule has 0 saturated heterocycles. The van der Waals surface area contributed by atoms with Crippen molar-refractivity contribution in [2.45, 2.75) is 6.92 Å². The standard InChI is InChI=1S/C11H12N6O/c1-3-7-18-11-15-9(13-4-2)14-10(16-11)17-6-5-12-8-17/h1,5-6,8H,4,7H2,2H3,(H,13,14,15,16). The summed E-state index contributed by atoms with van der Waals surface area (Å²) in [4.78, 5) is 16.4. The summed E-state index contributed by atoms with van der Waals surface area (Å²) in [5, 5.41) is 3.00. The minimum atomic E-state index is 0.110. The van der Waals surface area contributed by atoms with E-state index < -0.39 is 0 Å². The van der Waals surface area contributed by atoms with Gasteiger partial charge >= 0.3 is 6.01 Å². The van der Waals surface area contributed by atoms with Crippen LogP contribution in [0.3, 0.4) is 0 Å². The predicted molar refractivity (Wildman–Crippen MR) is 65.4 cm³/mol. The van der Waals surface area contributed by atoms with Crippen molar-refractivity contribution in [3.63, 3.8) is 0 Å². The normalized spacial score (nSPS) is 9.78. The largest absolute Gasteiger partial charge is 0.450 e. The first-order valence-corrected chi connectivity index (χ1v) is 5.38. The highest BCUT2D eigenvalue weighted by Crippen LogP contribution is 2.10. The van der Waals surface area contributed by atoms with Crippen LogP contribution in [0.1, 0.15) is 6.92 Å². The van der Waals surface area contributed by atoms with E-state index in [2.05, 4.69) is 31.2 Å². The Morgan fingerprint density at radius 2 is 2.33 bits per heavy atom. The fourth-order valence-corrected chi connectivity index (χ4v) is 1.25. The summed E-state index contributed by atoms with van der Waals surface area (Å²) < 4.78 is 6.87. The average molecular weight is 244 g/mol. The van der Waals surface area contributed by atoms with E-state index in [1.807, 2.05) is 6.92 Å². The van der Waals surface area contributed by atoms with Gasteiger partial charge in [0.15, 0.2) is 6.61 Å². The van der Waals surface area contributed by atoms with Crippen molar-refractivity contribution in [1.82, 2.24) is 24.5 Å². The zero-order chi connectivity index (χ0) is 12.8. The number of ether oxygens (including phenoxy) is 1. The molecular weight excluding hydrogens is 232 g/mol. The second kappa shape index (κ2) is 5.63. The van der Waals surface area contributed by atoms with Crippen LogP contribution in [0.2, 0.25) is 0 Å². The van der Waals surface area contributed by atoms with Crippen LogP contribution in [0, 0.1) is 12.3 Å². The highest BCUT2D eigenvalue weighted by atomic mass is 16.5. The van der Waals surface area contributed by atoms with E-state index in [9.17, 15) is 0 Å². The van der Waals surface area contributed by atoms with E-state index in [1.54, 1.807) is 23.3 Å². The third-order valence-electron chi connectivity index (χ3n) is 1.96. The molecule has 0 spiro atoms. The van der Waals surface area contributed by atoms with Crippen LogP contribution in [0.5, 0.6) is 6.01 Å². The van der Waals surface area contributed by atoms with Crippen molar-refractivity contribution >= 4 is 5.95 Å². The molecule has 2 aromatic rings. The molecule has 1 N–H and O–H groups in total. The first-order valence-electron chi connectivity index (χ1n) is 5.38. The molecule has 0 amide bonds. The minimum absolute atomic E-state index is 0.110. The molecule has 92 valence electrons. The first-order chi connectivity index (χ1) is 8.83. The van der Waals surface area contributed by atoms with Gasteiger partial charge in [-0.1, -0.05) is 5.92 Å². The van der Waals surface area contributed by atoms with Gasteiger partial charge in [-0.2, -0.15) is 15.0 Å². The maximum atomic E-state index is 5.21. The monoisotopic (exact) mass is 244 g/mol. The fourth-order valence-electron chi connectivity index (χ4n) is 1.25. The van der Waals surface area contributed by atoms with Gasteiger partial charge in [0.25, 0.3) is 0 Å². The Labute approximate surface area is 104 Å². The summed E-state index contributed by atoms with van der Waals surface area (Å²) in [6, 6.07) is 0.183. The fraction of sp³-hybridized carbons (Fsp3) is 0.273. The van der Waals surface area contributed by atoms with Gasteiger partial charge in [-0.15, -0.1) is 6.42 Å². The Bertz CT molecular complexity index is 545. The lowest BCUT2D eigenvalue weighted by Crippen LogP contribution is -2.10. The lowest BCUT2D eigenvalue weighted by molar-refractivity contribution is 0.338. The van der Waals surface area contributed by atoms with Gasteiger partial charge in [0.2, 0.25) is 11.9 Å². The molecule has 0 aromatic carbocycles. The van der Waals surface area contributed by atoms with E-state index in [0.29, 0.717) is 18.4 Å². The van der Waals surface area contributed by atoms with Crippen LogP contribution in [0.15, 0.2) is 18.7 Å². The van der Waals surface area contributed by atoms with E-state index in [1.165, 1.54) is 0 Å². The molecule has 0 radical (unpaired) electrons. The Balaban J connectivity index is 2.34. The molecule has 7 nitrogen and oxygen atoms in total. The highest BCUT2D eigenvalue weighted by Gasteiger charge is 2.08. The van der Waals surface area contributed by atoms with E-state index in [0.717, 1.165) is 0 Å². The molecule has 2 aromatic heterocycles. The third kappa shape index (κ3) is 2.74. The second-order valence-corrected chi connectivity index (χ2v) is 3.23. The lowest BCUT2D eigenvalue weighted by atomic mass is 10.7. The molecule has 0 atom stereocenters. The molecule has 18 heavy (non-hydrogen) atoms. The van der Waals surface area contributed by atoms with Crippen molar-refractivity contribution in [2.24, 2.45) is 0 Å². The number of rotatable bonds is 5. The van der Waals surface area contributed by atoms with Crippen LogP contribution >= 0.6 is 0 Å². The van der Waals surface area contributed by atoms with Crippen LogP contribution in [0.4, 0.5) is 5.95 Å². The second-order valence-electron chi connectivity index (χ2n) is 3.23. The SMILES string of the molecule is C#CCOc1nc(NCC)nc(-n2ccnc2)n1. The highest BCUT2D eigenvalue weighted by molar-refractivity contribution is 5.30. The van der Waals surface area contributed by atoms with Crippen molar-refractivity contribution in [3.8, 4) is 24.3 Å². The van der Waals surface area contributed by atoms with Gasteiger partial charge in [0.1, 0.15) is 6.33 Å². The van der Waals surface area contributed by atoms with Crippen molar-refractivity contribution < 1.29 is 4.74 Å². The van der Waals surface area contributed by atoms with Crippen LogP contribution in [0.25, 0.3) is 5.95 Å². The van der Waals surface area contributed by atoms with Crippen LogP contribution in [-0.4, -0.2) is 37.7 Å². The van der Waals surface area contributed by atoms with E-state index >= 15 is 0 Å². The van der Waals surface area contributed by atoms with Gasteiger partial charge in [-0.25, -0.2) is 4.98 Å². The van der Waals surface area contributed by atoms with Crippen molar-refractivity contribution in [1.29, 1.82) is 0 Å². The minimum Gasteiger partial charge on any atom is -0.450 e. The maximum absolute atomic E-state index is 5.21. The maximum Gasteiger partial charge on any atom is 0.324 e. The molecule has 2 rings (SSSR count). The van der Waals surface area contributed by atoms with E-state index in [-0.39, 0.29) is 12.6 Å². The van der Waals surface area contributed by atoms with Crippen molar-refractivity contribution in [2.75, 3.05) is 18.5 Å². The van der Waals surface area contributed by atoms with Crippen LogP contribution in [-0.2, 0) is 0 Å². The summed E-state index contributed by atoms with van der Waals surface area (Å²) in [6.45, 7) is 2.75. The molecule has 7 heteroatoms. The molecule has 0 aliphatic rings. The molecule has 0 aliphatic carbocycles. The predicted octanol–water partition coefficient (Wildman–Crippen LogP) is 0.501. The number of hydrogen-bond acceptors (Lipinski definition) is 6. The molecule has 2 heterocycles. The quantitative estimate of drug-likeness (QED) is 0.772. The number of aromatic nitrogens is 5. The molecule has 0 unspecified atom stereocenters. The van der Waals surface area contributed by atoms with Gasteiger partial charge in [0, 0.05) is 18.9 Å². The number of imidazole rings is 1. The first kappa shape index (κ1) is 11.9. The summed E-state index contributed by atoms with van der Waals surface area (Å²) in [5.41, 5.74) is 0. The van der Waals surface area contributed by atoms with E-state index in [4.69, 9.17) is 11.2 Å². The number of nitrogens with zero attached hydrogens (tertiary/aromatic N) is 5. The Morgan fingerprint density at radius 3 is 3.00 bits per heavy atom. The molecule has 0 bridgehead atoms. The molecular formula is C11H12N6O. The third-order valence-corrected chi connectivity index (χ3v) is 1.96. The Hall–Kier alpha value is -2.62. The summed E-state index contributed by atoms with van der Waals surface area (Å²) in [6.07, 6.45) is 10.1. The van der Waals surface area contributed by atoms with Gasteiger partial charge in [-0.3, -0.25) is 4.57 Å². The number of anilines is 1. The summed E-state index contributed by atoms with van der Waals surface area (Å²) in [5.74, 6) is 3.21. The number of terminal acetylenes is 1. The number of hydrogen-bond donors (Lipinski definition) is 1. The average Bonchev–Trinajstić information content (AvgIpc) is 2.90. The summed E-state index contributed by atoms with van der Waals surface area (Å²) >= 11 is 0. The molecule has 0 fully saturated rings. The summed E-state index contributed by atoms with van der Waals surface area (Å²) in [7, 11) is 0. The van der Waals surface area contributed by atoms with Gasteiger partial charge < -0.3 is 10.1 Å². The van der Waals surface area contributed by atoms with Crippen molar-refractivity contribution in [3.05, 3.63) is 18.7 Å². The number of nitrogens with one attached hydrogen (secondary N) is 1. The van der Waals surface area contributed by atoms with Crippen LogP contribution < -0.4 is 10.1 Å². The molecule has 0 saturated carbocycles. The van der Waals surface area contributed by atoms with Gasteiger partial charge in [-0.05, 0) is 6.92 Å². The zero-order valence-electron chi connectivity index (χ0n) is 9.87. The lowest BCUT2D eigenvalue weighted by Gasteiger charge is -2.07. The topological polar surface area (TPSA) is 77.8 Å². The molecule has 0 aliphatic heterocycles. The van der Waals surface area contributed by atoms with Gasteiger partial charge in [0.05, 0.1) is 0 Å². The Morgan fingerprint density at radius 1 is 1.44 bits per heavy atom. The Kier molecular flexibility index (Phi) is 3.71.